The van der Waals surface area contributed by atoms with Crippen LogP contribution in [0, 0.1) is 10.1 Å². The number of imidazole rings is 1. The maximum atomic E-state index is 11.5. The molecular weight excluding hydrogens is 465 g/mol. The molecule has 0 unspecified atom stereocenters. The molecule has 1 fully saturated rings. The van der Waals surface area contributed by atoms with E-state index in [9.17, 15) is 10.1 Å². The highest BCUT2D eigenvalue weighted by molar-refractivity contribution is 9.13. The third-order valence-electron chi connectivity index (χ3n) is 4.04. The Balaban J connectivity index is 0.00000208. The Bertz CT molecular complexity index is 795. The standard InChI is InChI=1S/C14H17Br2N5O2.ClH/c1-7(2)20-10-5-9(15)11(16)13(21(22)23)12(10)18-14(20)19-4-3-8(17)6-19;/h5,7-8H,3-4,6,17H2,1-2H3;1H/t8-;/m0./s1. The predicted octanol–water partition coefficient (Wildman–Crippen LogP) is 4.01. The number of benzene rings is 1. The third kappa shape index (κ3) is 3.14. The molecule has 3 rings (SSSR count). The lowest BCUT2D eigenvalue weighted by Crippen LogP contribution is -2.28. The fourth-order valence-corrected chi connectivity index (χ4v) is 3.86. The van der Waals surface area contributed by atoms with Crippen molar-refractivity contribution in [2.75, 3.05) is 18.0 Å². The van der Waals surface area contributed by atoms with Crippen LogP contribution >= 0.6 is 44.3 Å². The zero-order valence-electron chi connectivity index (χ0n) is 13.2. The van der Waals surface area contributed by atoms with Gasteiger partial charge in [-0.1, -0.05) is 0 Å². The molecule has 2 aromatic rings. The van der Waals surface area contributed by atoms with Crippen LogP contribution in [0.4, 0.5) is 11.6 Å². The number of hydrogen-bond acceptors (Lipinski definition) is 5. The van der Waals surface area contributed by atoms with Crippen LogP contribution in [0.5, 0.6) is 0 Å². The first-order valence-corrected chi connectivity index (χ1v) is 8.94. The van der Waals surface area contributed by atoms with E-state index in [-0.39, 0.29) is 30.2 Å². The molecular formula is C14H18Br2ClN5O2. The van der Waals surface area contributed by atoms with Gasteiger partial charge in [0.15, 0.2) is 5.52 Å². The third-order valence-corrected chi connectivity index (χ3v) is 6.00. The van der Waals surface area contributed by atoms with Gasteiger partial charge in [0.25, 0.3) is 0 Å². The lowest BCUT2D eigenvalue weighted by Gasteiger charge is -2.21. The average molecular weight is 484 g/mol. The van der Waals surface area contributed by atoms with Gasteiger partial charge >= 0.3 is 5.69 Å². The molecule has 2 heterocycles. The molecule has 7 nitrogen and oxygen atoms in total. The van der Waals surface area contributed by atoms with Gasteiger partial charge in [-0.05, 0) is 58.2 Å². The fraction of sp³-hybridized carbons (Fsp3) is 0.500. The van der Waals surface area contributed by atoms with E-state index in [1.54, 1.807) is 0 Å². The van der Waals surface area contributed by atoms with E-state index in [0.29, 0.717) is 21.0 Å². The lowest BCUT2D eigenvalue weighted by molar-refractivity contribution is -0.384. The van der Waals surface area contributed by atoms with E-state index in [2.05, 4.69) is 41.7 Å². The topological polar surface area (TPSA) is 90.2 Å². The zero-order chi connectivity index (χ0) is 16.9. The number of nitrogens with two attached hydrogens (primary N) is 1. The molecule has 24 heavy (non-hydrogen) atoms. The van der Waals surface area contributed by atoms with Crippen LogP contribution in [0.15, 0.2) is 15.0 Å². The number of hydrogen-bond donors (Lipinski definition) is 1. The van der Waals surface area contributed by atoms with Gasteiger partial charge in [-0.15, -0.1) is 12.4 Å². The minimum absolute atomic E-state index is 0. The molecule has 0 saturated carbocycles. The van der Waals surface area contributed by atoms with Crippen LogP contribution in [0.1, 0.15) is 26.3 Å². The summed E-state index contributed by atoms with van der Waals surface area (Å²) < 4.78 is 3.09. The monoisotopic (exact) mass is 481 g/mol. The van der Waals surface area contributed by atoms with Gasteiger partial charge < -0.3 is 15.2 Å². The number of halogens is 3. The summed E-state index contributed by atoms with van der Waals surface area (Å²) in [5.74, 6) is 0.746. The van der Waals surface area contributed by atoms with Gasteiger partial charge in [-0.3, -0.25) is 10.1 Å². The summed E-state index contributed by atoms with van der Waals surface area (Å²) in [5, 5.41) is 11.5. The summed E-state index contributed by atoms with van der Waals surface area (Å²) in [6.45, 7) is 5.62. The predicted molar refractivity (Wildman–Crippen MR) is 104 cm³/mol. The second kappa shape index (κ2) is 7.15. The Kier molecular flexibility index (Phi) is 5.79. The van der Waals surface area contributed by atoms with Gasteiger partial charge in [-0.2, -0.15) is 0 Å². The first-order valence-electron chi connectivity index (χ1n) is 7.36. The van der Waals surface area contributed by atoms with Crippen LogP contribution in [0.3, 0.4) is 0 Å². The van der Waals surface area contributed by atoms with E-state index < -0.39 is 4.92 Å². The molecule has 1 saturated heterocycles. The highest BCUT2D eigenvalue weighted by Crippen LogP contribution is 2.41. The van der Waals surface area contributed by atoms with Crippen molar-refractivity contribution in [1.29, 1.82) is 0 Å². The van der Waals surface area contributed by atoms with E-state index in [4.69, 9.17) is 5.73 Å². The summed E-state index contributed by atoms with van der Waals surface area (Å²) in [6.07, 6.45) is 0.900. The van der Waals surface area contributed by atoms with Crippen molar-refractivity contribution in [1.82, 2.24) is 9.55 Å². The molecule has 132 valence electrons. The summed E-state index contributed by atoms with van der Waals surface area (Å²) in [5.41, 5.74) is 7.14. The van der Waals surface area contributed by atoms with Crippen LogP contribution < -0.4 is 10.6 Å². The summed E-state index contributed by atoms with van der Waals surface area (Å²) in [7, 11) is 0. The smallest absolute Gasteiger partial charge is 0.312 e. The van der Waals surface area contributed by atoms with E-state index in [1.807, 2.05) is 24.5 Å². The number of rotatable bonds is 3. The van der Waals surface area contributed by atoms with Crippen LogP contribution in [-0.2, 0) is 0 Å². The number of nitrogens with zero attached hydrogens (tertiary/aromatic N) is 4. The average Bonchev–Trinajstić information content (AvgIpc) is 3.02. The molecule has 10 heteroatoms. The molecule has 1 aromatic heterocycles. The number of anilines is 1. The zero-order valence-corrected chi connectivity index (χ0v) is 17.2. The van der Waals surface area contributed by atoms with Gasteiger partial charge in [0.1, 0.15) is 4.47 Å². The van der Waals surface area contributed by atoms with E-state index in [1.165, 1.54) is 0 Å². The highest BCUT2D eigenvalue weighted by Gasteiger charge is 2.30. The van der Waals surface area contributed by atoms with E-state index in [0.717, 1.165) is 24.4 Å². The second-order valence-corrected chi connectivity index (χ2v) is 7.66. The molecule has 2 N–H and O–H groups in total. The molecule has 1 aliphatic rings. The SMILES string of the molecule is CC(C)n1c(N2CC[C@H](N)C2)nc2c([N+](=O)[O-])c(Br)c(Br)cc21.Cl. The van der Waals surface area contributed by atoms with Crippen molar-refractivity contribution >= 4 is 66.9 Å². The summed E-state index contributed by atoms with van der Waals surface area (Å²) in [6, 6.07) is 2.11. The molecule has 1 atom stereocenters. The van der Waals surface area contributed by atoms with Crippen molar-refractivity contribution < 1.29 is 4.92 Å². The van der Waals surface area contributed by atoms with Gasteiger partial charge in [0, 0.05) is 29.6 Å². The second-order valence-electron chi connectivity index (χ2n) is 6.02. The van der Waals surface area contributed by atoms with Gasteiger partial charge in [-0.25, -0.2) is 4.98 Å². The molecule has 0 amide bonds. The fourth-order valence-electron chi connectivity index (χ4n) is 3.01. The minimum Gasteiger partial charge on any atom is -0.341 e. The first kappa shape index (κ1) is 19.4. The first-order chi connectivity index (χ1) is 10.8. The van der Waals surface area contributed by atoms with Gasteiger partial charge in [0.2, 0.25) is 5.95 Å². The maximum absolute atomic E-state index is 11.5. The van der Waals surface area contributed by atoms with Crippen LogP contribution in [-0.4, -0.2) is 33.6 Å². The van der Waals surface area contributed by atoms with Gasteiger partial charge in [0.05, 0.1) is 10.4 Å². The van der Waals surface area contributed by atoms with Crippen molar-refractivity contribution in [3.63, 3.8) is 0 Å². The van der Waals surface area contributed by atoms with Crippen molar-refractivity contribution in [3.05, 3.63) is 25.1 Å². The summed E-state index contributed by atoms with van der Waals surface area (Å²) in [4.78, 5) is 17.9. The molecule has 0 spiro atoms. The quantitative estimate of drug-likeness (QED) is 0.526. The Morgan fingerprint density at radius 1 is 1.46 bits per heavy atom. The van der Waals surface area contributed by atoms with Crippen molar-refractivity contribution in [2.24, 2.45) is 5.73 Å². The molecule has 0 aliphatic carbocycles. The van der Waals surface area contributed by atoms with Crippen molar-refractivity contribution in [2.45, 2.75) is 32.4 Å². The number of nitro benzene ring substituents is 1. The summed E-state index contributed by atoms with van der Waals surface area (Å²) >= 11 is 6.69. The van der Waals surface area contributed by atoms with Crippen LogP contribution in [0.2, 0.25) is 0 Å². The molecule has 1 aromatic carbocycles. The Morgan fingerprint density at radius 3 is 2.62 bits per heavy atom. The van der Waals surface area contributed by atoms with Crippen LogP contribution in [0.25, 0.3) is 11.0 Å². The maximum Gasteiger partial charge on any atom is 0.312 e. The van der Waals surface area contributed by atoms with E-state index >= 15 is 0 Å². The molecule has 0 radical (unpaired) electrons. The normalized spacial score (nSPS) is 17.6. The Hall–Kier alpha value is -0.900. The molecule has 1 aliphatic heterocycles. The lowest BCUT2D eigenvalue weighted by atomic mass is 10.2. The number of fused-ring (bicyclic) bond motifs is 1. The highest BCUT2D eigenvalue weighted by atomic mass is 79.9. The minimum atomic E-state index is -0.395. The molecule has 0 bridgehead atoms. The Morgan fingerprint density at radius 2 is 2.12 bits per heavy atom. The Labute approximate surface area is 162 Å². The number of aromatic nitrogens is 2. The number of nitro groups is 1. The largest absolute Gasteiger partial charge is 0.341 e. The van der Waals surface area contributed by atoms with Crippen molar-refractivity contribution in [3.8, 4) is 0 Å².